The van der Waals surface area contributed by atoms with Gasteiger partial charge in [0.2, 0.25) is 0 Å². The zero-order valence-corrected chi connectivity index (χ0v) is 7.91. The zero-order chi connectivity index (χ0) is 7.68. The van der Waals surface area contributed by atoms with Gasteiger partial charge in [0.25, 0.3) is 0 Å². The van der Waals surface area contributed by atoms with E-state index >= 15 is 0 Å². The molecule has 0 bridgehead atoms. The fourth-order valence-corrected chi connectivity index (χ4v) is 1.93. The van der Waals surface area contributed by atoms with Crippen LogP contribution in [-0.4, -0.2) is 0 Å². The third-order valence-electron chi connectivity index (χ3n) is 1.65. The first-order chi connectivity index (χ1) is 5.42. The quantitative estimate of drug-likeness (QED) is 0.549. The lowest BCUT2D eigenvalue weighted by atomic mass is 10.2. The Morgan fingerprint density at radius 2 is 2.08 bits per heavy atom. The third kappa shape index (κ3) is 1.39. The highest BCUT2D eigenvalue weighted by atomic mass is 35.5. The predicted molar refractivity (Wildman–Crippen MR) is 56.9 cm³/mol. The van der Waals surface area contributed by atoms with Crippen LogP contribution < -0.4 is 11.3 Å². The van der Waals surface area contributed by atoms with Gasteiger partial charge in [-0.3, -0.25) is 5.84 Å². The van der Waals surface area contributed by atoms with E-state index < -0.39 is 0 Å². The summed E-state index contributed by atoms with van der Waals surface area (Å²) in [5.41, 5.74) is 3.65. The SMILES string of the molecule is Cl.NNc1cccc2sccc12. The Morgan fingerprint density at radius 1 is 1.25 bits per heavy atom. The van der Waals surface area contributed by atoms with Crippen molar-refractivity contribution in [3.8, 4) is 0 Å². The number of thiophene rings is 1. The average Bonchev–Trinajstić information content (AvgIpc) is 2.50. The van der Waals surface area contributed by atoms with Gasteiger partial charge in [-0.25, -0.2) is 0 Å². The molecule has 0 aliphatic carbocycles. The van der Waals surface area contributed by atoms with E-state index in [0.717, 1.165) is 5.69 Å². The third-order valence-corrected chi connectivity index (χ3v) is 2.53. The smallest absolute Gasteiger partial charge is 0.0571 e. The number of halogens is 1. The van der Waals surface area contributed by atoms with Crippen LogP contribution in [0.5, 0.6) is 0 Å². The van der Waals surface area contributed by atoms with Crippen molar-refractivity contribution in [1.82, 2.24) is 0 Å². The summed E-state index contributed by atoms with van der Waals surface area (Å²) in [7, 11) is 0. The van der Waals surface area contributed by atoms with Crippen molar-refractivity contribution >= 4 is 39.5 Å². The largest absolute Gasteiger partial charge is 0.323 e. The highest BCUT2D eigenvalue weighted by molar-refractivity contribution is 7.17. The summed E-state index contributed by atoms with van der Waals surface area (Å²) in [5, 5.41) is 3.26. The molecule has 0 saturated heterocycles. The number of rotatable bonds is 1. The molecule has 1 aromatic carbocycles. The highest BCUT2D eigenvalue weighted by Gasteiger charge is 1.97. The first-order valence-electron chi connectivity index (χ1n) is 3.34. The number of nitrogens with one attached hydrogen (secondary N) is 1. The van der Waals surface area contributed by atoms with E-state index in [1.165, 1.54) is 10.1 Å². The summed E-state index contributed by atoms with van der Waals surface area (Å²) in [6, 6.07) is 8.11. The van der Waals surface area contributed by atoms with Crippen molar-refractivity contribution in [2.75, 3.05) is 5.43 Å². The van der Waals surface area contributed by atoms with Crippen LogP contribution in [0.3, 0.4) is 0 Å². The number of anilines is 1. The van der Waals surface area contributed by atoms with Gasteiger partial charge in [0.15, 0.2) is 0 Å². The summed E-state index contributed by atoms with van der Waals surface area (Å²) < 4.78 is 1.26. The summed E-state index contributed by atoms with van der Waals surface area (Å²) in [6.07, 6.45) is 0. The molecule has 2 aromatic rings. The molecule has 0 fully saturated rings. The standard InChI is InChI=1S/C8H8N2S.ClH/c9-10-7-2-1-3-8-6(7)4-5-11-8;/h1-5,10H,9H2;1H. The second-order valence-electron chi connectivity index (χ2n) is 2.28. The number of nitrogen functional groups attached to an aromatic ring is 1. The van der Waals surface area contributed by atoms with Gasteiger partial charge in [0, 0.05) is 10.1 Å². The minimum absolute atomic E-state index is 0. The van der Waals surface area contributed by atoms with Crippen molar-refractivity contribution in [2.45, 2.75) is 0 Å². The van der Waals surface area contributed by atoms with Gasteiger partial charge in [-0.05, 0) is 23.6 Å². The van der Waals surface area contributed by atoms with Crippen LogP contribution in [0.15, 0.2) is 29.6 Å². The van der Waals surface area contributed by atoms with E-state index in [2.05, 4.69) is 22.9 Å². The molecule has 3 N–H and O–H groups in total. The normalized spacial score (nSPS) is 9.42. The van der Waals surface area contributed by atoms with E-state index in [9.17, 15) is 0 Å². The minimum Gasteiger partial charge on any atom is -0.323 e. The van der Waals surface area contributed by atoms with Crippen molar-refractivity contribution in [3.05, 3.63) is 29.6 Å². The molecule has 4 heteroatoms. The maximum atomic E-state index is 5.33. The first-order valence-corrected chi connectivity index (χ1v) is 4.22. The molecule has 64 valence electrons. The molecular formula is C8H9ClN2S. The number of nitrogens with two attached hydrogens (primary N) is 1. The Hall–Kier alpha value is -0.770. The van der Waals surface area contributed by atoms with Gasteiger partial charge >= 0.3 is 0 Å². The van der Waals surface area contributed by atoms with Gasteiger partial charge in [-0.1, -0.05) is 6.07 Å². The van der Waals surface area contributed by atoms with Gasteiger partial charge < -0.3 is 5.43 Å². The molecular weight excluding hydrogens is 192 g/mol. The highest BCUT2D eigenvalue weighted by Crippen LogP contribution is 2.26. The average molecular weight is 201 g/mol. The summed E-state index contributed by atoms with van der Waals surface area (Å²) in [5.74, 6) is 5.33. The van der Waals surface area contributed by atoms with Crippen molar-refractivity contribution in [1.29, 1.82) is 0 Å². The Labute approximate surface area is 80.8 Å². The fourth-order valence-electron chi connectivity index (χ4n) is 1.12. The molecule has 1 aromatic heterocycles. The lowest BCUT2D eigenvalue weighted by molar-refractivity contribution is 1.37. The monoisotopic (exact) mass is 200 g/mol. The van der Waals surface area contributed by atoms with Crippen molar-refractivity contribution < 1.29 is 0 Å². The van der Waals surface area contributed by atoms with Crippen molar-refractivity contribution in [3.63, 3.8) is 0 Å². The molecule has 2 nitrogen and oxygen atoms in total. The van der Waals surface area contributed by atoms with E-state index in [1.807, 2.05) is 12.1 Å². The summed E-state index contributed by atoms with van der Waals surface area (Å²) >= 11 is 1.72. The van der Waals surface area contributed by atoms with Crippen LogP contribution in [0.2, 0.25) is 0 Å². The van der Waals surface area contributed by atoms with E-state index in [4.69, 9.17) is 5.84 Å². The Kier molecular flexibility index (Phi) is 2.92. The van der Waals surface area contributed by atoms with Gasteiger partial charge in [-0.15, -0.1) is 23.7 Å². The van der Waals surface area contributed by atoms with E-state index in [1.54, 1.807) is 11.3 Å². The number of benzene rings is 1. The van der Waals surface area contributed by atoms with Crippen molar-refractivity contribution in [2.24, 2.45) is 5.84 Å². The number of fused-ring (bicyclic) bond motifs is 1. The molecule has 2 rings (SSSR count). The predicted octanol–water partition coefficient (Wildman–Crippen LogP) is 2.61. The molecule has 0 unspecified atom stereocenters. The van der Waals surface area contributed by atoms with Crippen LogP contribution in [-0.2, 0) is 0 Å². The first kappa shape index (κ1) is 9.32. The van der Waals surface area contributed by atoms with Gasteiger partial charge in [0.1, 0.15) is 0 Å². The lowest BCUT2D eigenvalue weighted by Gasteiger charge is -1.99. The van der Waals surface area contributed by atoms with Gasteiger partial charge in [-0.2, -0.15) is 0 Å². The second kappa shape index (κ2) is 3.76. The van der Waals surface area contributed by atoms with Gasteiger partial charge in [0.05, 0.1) is 5.69 Å². The fraction of sp³-hybridized carbons (Fsp3) is 0. The Balaban J connectivity index is 0.000000720. The van der Waals surface area contributed by atoms with Crippen LogP contribution in [0.1, 0.15) is 0 Å². The molecule has 0 amide bonds. The summed E-state index contributed by atoms with van der Waals surface area (Å²) in [6.45, 7) is 0. The molecule has 12 heavy (non-hydrogen) atoms. The molecule has 0 saturated carbocycles. The molecule has 0 radical (unpaired) electrons. The van der Waals surface area contributed by atoms with E-state index in [0.29, 0.717) is 0 Å². The molecule has 0 aliphatic heterocycles. The second-order valence-corrected chi connectivity index (χ2v) is 3.23. The Bertz CT molecular complexity index is 372. The van der Waals surface area contributed by atoms with Crippen LogP contribution in [0, 0.1) is 0 Å². The number of hydrogen-bond acceptors (Lipinski definition) is 3. The lowest BCUT2D eigenvalue weighted by Crippen LogP contribution is -2.06. The number of hydrogen-bond donors (Lipinski definition) is 2. The molecule has 1 heterocycles. The van der Waals surface area contributed by atoms with Crippen LogP contribution >= 0.6 is 23.7 Å². The molecule has 0 aliphatic rings. The molecule has 0 atom stereocenters. The Morgan fingerprint density at radius 3 is 2.83 bits per heavy atom. The zero-order valence-electron chi connectivity index (χ0n) is 6.28. The number of hydrazine groups is 1. The molecule has 0 spiro atoms. The maximum Gasteiger partial charge on any atom is 0.0571 e. The van der Waals surface area contributed by atoms with Crippen LogP contribution in [0.4, 0.5) is 5.69 Å². The van der Waals surface area contributed by atoms with Crippen LogP contribution in [0.25, 0.3) is 10.1 Å². The maximum absolute atomic E-state index is 5.33. The minimum atomic E-state index is 0. The van der Waals surface area contributed by atoms with E-state index in [-0.39, 0.29) is 12.4 Å². The topological polar surface area (TPSA) is 38.0 Å². The summed E-state index contributed by atoms with van der Waals surface area (Å²) in [4.78, 5) is 0.